The number of likely N-dealkylation sites (N-methyl/N-ethyl adjacent to an activating group) is 2. The van der Waals surface area contributed by atoms with Crippen LogP contribution in [-0.4, -0.2) is 48.1 Å². The van der Waals surface area contributed by atoms with Gasteiger partial charge in [-0.05, 0) is 40.8 Å². The highest BCUT2D eigenvalue weighted by Gasteiger charge is 2.10. The minimum atomic E-state index is 0.672. The molecule has 0 N–H and O–H groups in total. The summed E-state index contributed by atoms with van der Waals surface area (Å²) in [5, 5.41) is 0. The molecule has 0 aromatic heterocycles. The van der Waals surface area contributed by atoms with Crippen LogP contribution in [0.1, 0.15) is 41.5 Å². The maximum atomic E-state index is 2.52. The van der Waals surface area contributed by atoms with E-state index in [0.717, 1.165) is 13.1 Å². The third-order valence-corrected chi connectivity index (χ3v) is 2.95. The van der Waals surface area contributed by atoms with E-state index in [1.165, 1.54) is 13.1 Å². The fourth-order valence-corrected chi connectivity index (χ4v) is 1.82. The van der Waals surface area contributed by atoms with Gasteiger partial charge in [0.2, 0.25) is 0 Å². The molecule has 0 aliphatic heterocycles. The van der Waals surface area contributed by atoms with Crippen molar-refractivity contribution < 1.29 is 0 Å². The molecule has 0 radical (unpaired) electrons. The molecule has 0 aliphatic carbocycles. The molecule has 0 heterocycles. The van der Waals surface area contributed by atoms with Crippen molar-refractivity contribution in [2.24, 2.45) is 0 Å². The van der Waals surface area contributed by atoms with Gasteiger partial charge in [-0.25, -0.2) is 0 Å². The van der Waals surface area contributed by atoms with E-state index in [0.29, 0.717) is 12.1 Å². The molecule has 0 fully saturated rings. The van der Waals surface area contributed by atoms with Gasteiger partial charge in [-0.2, -0.15) is 0 Å². The van der Waals surface area contributed by atoms with E-state index in [2.05, 4.69) is 51.3 Å². The molecule has 0 bridgehead atoms. The zero-order valence-electron chi connectivity index (χ0n) is 10.9. The summed E-state index contributed by atoms with van der Waals surface area (Å²) in [6.07, 6.45) is 0. The van der Waals surface area contributed by atoms with Crippen LogP contribution in [0.25, 0.3) is 0 Å². The fraction of sp³-hybridized carbons (Fsp3) is 1.00. The molecule has 0 spiro atoms. The molecule has 14 heavy (non-hydrogen) atoms. The molecule has 0 aromatic carbocycles. The average molecular weight is 200 g/mol. The van der Waals surface area contributed by atoms with Gasteiger partial charge in [0.15, 0.2) is 0 Å². The number of nitrogens with zero attached hydrogens (tertiary/aromatic N) is 2. The quantitative estimate of drug-likeness (QED) is 0.623. The van der Waals surface area contributed by atoms with Gasteiger partial charge in [0.25, 0.3) is 0 Å². The van der Waals surface area contributed by atoms with Crippen LogP contribution in [0, 0.1) is 0 Å². The Kier molecular flexibility index (Phi) is 7.20. The zero-order valence-corrected chi connectivity index (χ0v) is 10.9. The predicted molar refractivity (Wildman–Crippen MR) is 64.8 cm³/mol. The van der Waals surface area contributed by atoms with Crippen LogP contribution in [0.4, 0.5) is 0 Å². The van der Waals surface area contributed by atoms with Gasteiger partial charge >= 0.3 is 0 Å². The third-order valence-electron chi connectivity index (χ3n) is 2.95. The number of rotatable bonds is 7. The van der Waals surface area contributed by atoms with Crippen LogP contribution in [-0.2, 0) is 0 Å². The molecule has 86 valence electrons. The van der Waals surface area contributed by atoms with Gasteiger partial charge in [0, 0.05) is 25.2 Å². The van der Waals surface area contributed by atoms with E-state index in [1.807, 2.05) is 0 Å². The van der Waals surface area contributed by atoms with Crippen LogP contribution < -0.4 is 0 Å². The first kappa shape index (κ1) is 13.9. The summed E-state index contributed by atoms with van der Waals surface area (Å²) in [4.78, 5) is 5.04. The first-order valence-electron chi connectivity index (χ1n) is 6.00. The summed E-state index contributed by atoms with van der Waals surface area (Å²) in [6.45, 7) is 18.3. The summed E-state index contributed by atoms with van der Waals surface area (Å²) in [7, 11) is 0. The van der Waals surface area contributed by atoms with Crippen molar-refractivity contribution in [3.05, 3.63) is 0 Å². The smallest absolute Gasteiger partial charge is 0.0112 e. The summed E-state index contributed by atoms with van der Waals surface area (Å²) < 4.78 is 0. The normalized spacial score (nSPS) is 12.4. The van der Waals surface area contributed by atoms with Crippen molar-refractivity contribution >= 4 is 0 Å². The first-order chi connectivity index (χ1) is 6.52. The highest BCUT2D eigenvalue weighted by Crippen LogP contribution is 2.01. The standard InChI is InChI=1S/C12H28N2/c1-7-13(11(3)4)9-10-14(8-2)12(5)6/h11-12H,7-10H2,1-6H3. The number of hydrogen-bond donors (Lipinski definition) is 0. The second-order valence-corrected chi connectivity index (χ2v) is 4.44. The van der Waals surface area contributed by atoms with E-state index in [9.17, 15) is 0 Å². The van der Waals surface area contributed by atoms with Crippen molar-refractivity contribution in [2.75, 3.05) is 26.2 Å². The Morgan fingerprint density at radius 2 is 1.00 bits per heavy atom. The molecule has 0 aliphatic rings. The van der Waals surface area contributed by atoms with E-state index in [-0.39, 0.29) is 0 Å². The van der Waals surface area contributed by atoms with Gasteiger partial charge in [-0.1, -0.05) is 13.8 Å². The largest absolute Gasteiger partial charge is 0.300 e. The van der Waals surface area contributed by atoms with Crippen LogP contribution in [0.3, 0.4) is 0 Å². The Morgan fingerprint density at radius 3 is 1.14 bits per heavy atom. The van der Waals surface area contributed by atoms with Crippen molar-refractivity contribution in [1.29, 1.82) is 0 Å². The van der Waals surface area contributed by atoms with E-state index in [1.54, 1.807) is 0 Å². The van der Waals surface area contributed by atoms with Gasteiger partial charge in [0.1, 0.15) is 0 Å². The van der Waals surface area contributed by atoms with Crippen LogP contribution in [0.2, 0.25) is 0 Å². The van der Waals surface area contributed by atoms with Crippen molar-refractivity contribution in [2.45, 2.75) is 53.6 Å². The lowest BCUT2D eigenvalue weighted by Crippen LogP contribution is -2.41. The molecule has 0 saturated heterocycles. The van der Waals surface area contributed by atoms with E-state index in [4.69, 9.17) is 0 Å². The minimum absolute atomic E-state index is 0.672. The topological polar surface area (TPSA) is 6.48 Å². The highest BCUT2D eigenvalue weighted by molar-refractivity contribution is 4.66. The fourth-order valence-electron chi connectivity index (χ4n) is 1.82. The molecular weight excluding hydrogens is 172 g/mol. The monoisotopic (exact) mass is 200 g/mol. The molecular formula is C12H28N2. The van der Waals surface area contributed by atoms with E-state index >= 15 is 0 Å². The minimum Gasteiger partial charge on any atom is -0.300 e. The lowest BCUT2D eigenvalue weighted by Gasteiger charge is -2.30. The summed E-state index contributed by atoms with van der Waals surface area (Å²) in [6, 6.07) is 1.34. The van der Waals surface area contributed by atoms with Crippen molar-refractivity contribution in [1.82, 2.24) is 9.80 Å². The Bertz CT molecular complexity index is 116. The van der Waals surface area contributed by atoms with Crippen LogP contribution in [0.15, 0.2) is 0 Å². The predicted octanol–water partition coefficient (Wildman–Crippen LogP) is 2.45. The Morgan fingerprint density at radius 1 is 0.714 bits per heavy atom. The Hall–Kier alpha value is -0.0800. The highest BCUT2D eigenvalue weighted by atomic mass is 15.2. The Balaban J connectivity index is 3.88. The SMILES string of the molecule is CCN(CCN(CC)C(C)C)C(C)C. The molecule has 0 unspecified atom stereocenters. The number of hydrogen-bond acceptors (Lipinski definition) is 2. The zero-order chi connectivity index (χ0) is 11.1. The molecule has 0 saturated carbocycles. The molecule has 0 aromatic rings. The molecule has 0 amide bonds. The van der Waals surface area contributed by atoms with Gasteiger partial charge < -0.3 is 0 Å². The average Bonchev–Trinajstić information content (AvgIpc) is 2.11. The van der Waals surface area contributed by atoms with Crippen molar-refractivity contribution in [3.63, 3.8) is 0 Å². The molecule has 2 heteroatoms. The van der Waals surface area contributed by atoms with Crippen molar-refractivity contribution in [3.8, 4) is 0 Å². The summed E-state index contributed by atoms with van der Waals surface area (Å²) >= 11 is 0. The molecule has 2 nitrogen and oxygen atoms in total. The molecule has 0 atom stereocenters. The first-order valence-corrected chi connectivity index (χ1v) is 6.00. The second-order valence-electron chi connectivity index (χ2n) is 4.44. The lowest BCUT2D eigenvalue weighted by atomic mass is 10.3. The van der Waals surface area contributed by atoms with Crippen LogP contribution in [0.5, 0.6) is 0 Å². The second kappa shape index (κ2) is 7.24. The maximum Gasteiger partial charge on any atom is 0.0112 e. The van der Waals surface area contributed by atoms with Gasteiger partial charge in [-0.15, -0.1) is 0 Å². The van der Waals surface area contributed by atoms with Gasteiger partial charge in [-0.3, -0.25) is 9.80 Å². The van der Waals surface area contributed by atoms with E-state index < -0.39 is 0 Å². The Labute approximate surface area is 90.3 Å². The lowest BCUT2D eigenvalue weighted by molar-refractivity contribution is 0.165. The summed E-state index contributed by atoms with van der Waals surface area (Å²) in [5.74, 6) is 0. The summed E-state index contributed by atoms with van der Waals surface area (Å²) in [5.41, 5.74) is 0. The van der Waals surface area contributed by atoms with Crippen LogP contribution >= 0.6 is 0 Å². The maximum absolute atomic E-state index is 2.52. The third kappa shape index (κ3) is 4.97. The van der Waals surface area contributed by atoms with Gasteiger partial charge in [0.05, 0.1) is 0 Å². The molecule has 0 rings (SSSR count).